The molecule has 0 atom stereocenters. The second-order valence-corrected chi connectivity index (χ2v) is 4.01. The van der Waals surface area contributed by atoms with Gasteiger partial charge in [-0.25, -0.2) is 4.39 Å². The van der Waals surface area contributed by atoms with Gasteiger partial charge in [0.15, 0.2) is 5.82 Å². The SMILES string of the molecule is N#CCc1ccnc(-c2ccccc2OC(F)(F)F)c1F. The summed E-state index contributed by atoms with van der Waals surface area (Å²) < 4.78 is 55.2. The van der Waals surface area contributed by atoms with Crippen LogP contribution in [0.15, 0.2) is 36.5 Å². The van der Waals surface area contributed by atoms with Crippen molar-refractivity contribution in [3.8, 4) is 23.1 Å². The molecular formula is C14H8F4N2O. The van der Waals surface area contributed by atoms with E-state index in [-0.39, 0.29) is 23.2 Å². The van der Waals surface area contributed by atoms with Gasteiger partial charge in [-0.3, -0.25) is 4.98 Å². The number of hydrogen-bond donors (Lipinski definition) is 0. The molecule has 2 aromatic rings. The van der Waals surface area contributed by atoms with Gasteiger partial charge >= 0.3 is 6.36 Å². The van der Waals surface area contributed by atoms with Crippen LogP contribution in [0.1, 0.15) is 5.56 Å². The van der Waals surface area contributed by atoms with Crippen LogP contribution in [0, 0.1) is 17.1 Å². The molecule has 21 heavy (non-hydrogen) atoms. The summed E-state index contributed by atoms with van der Waals surface area (Å²) in [6, 6.07) is 8.19. The minimum Gasteiger partial charge on any atom is -0.405 e. The lowest BCUT2D eigenvalue weighted by Crippen LogP contribution is -2.17. The van der Waals surface area contributed by atoms with Gasteiger partial charge < -0.3 is 4.74 Å². The molecule has 3 nitrogen and oxygen atoms in total. The van der Waals surface area contributed by atoms with Crippen LogP contribution < -0.4 is 4.74 Å². The quantitative estimate of drug-likeness (QED) is 0.808. The molecule has 2 rings (SSSR count). The molecule has 0 saturated heterocycles. The molecule has 0 amide bonds. The molecule has 0 N–H and O–H groups in total. The minimum absolute atomic E-state index is 0.0595. The van der Waals surface area contributed by atoms with E-state index in [4.69, 9.17) is 5.26 Å². The molecule has 1 heterocycles. The summed E-state index contributed by atoms with van der Waals surface area (Å²) in [4.78, 5) is 3.75. The highest BCUT2D eigenvalue weighted by molar-refractivity contribution is 5.68. The van der Waals surface area contributed by atoms with E-state index in [0.717, 1.165) is 6.07 Å². The van der Waals surface area contributed by atoms with Gasteiger partial charge in [-0.05, 0) is 18.2 Å². The number of alkyl halides is 3. The zero-order valence-corrected chi connectivity index (χ0v) is 10.5. The predicted molar refractivity (Wildman–Crippen MR) is 65.6 cm³/mol. The number of ether oxygens (including phenoxy) is 1. The monoisotopic (exact) mass is 296 g/mol. The van der Waals surface area contributed by atoms with Crippen molar-refractivity contribution in [3.63, 3.8) is 0 Å². The lowest BCUT2D eigenvalue weighted by Gasteiger charge is -2.13. The fourth-order valence-corrected chi connectivity index (χ4v) is 1.77. The highest BCUT2D eigenvalue weighted by Gasteiger charge is 2.32. The van der Waals surface area contributed by atoms with Crippen LogP contribution in [-0.4, -0.2) is 11.3 Å². The Morgan fingerprint density at radius 3 is 2.57 bits per heavy atom. The van der Waals surface area contributed by atoms with Crippen LogP contribution in [0.5, 0.6) is 5.75 Å². The number of benzene rings is 1. The third-order valence-electron chi connectivity index (χ3n) is 2.61. The minimum atomic E-state index is -4.89. The molecule has 0 aliphatic heterocycles. The zero-order valence-electron chi connectivity index (χ0n) is 10.5. The van der Waals surface area contributed by atoms with Crippen molar-refractivity contribution < 1.29 is 22.3 Å². The maximum absolute atomic E-state index is 14.2. The van der Waals surface area contributed by atoms with E-state index in [1.54, 1.807) is 6.07 Å². The van der Waals surface area contributed by atoms with Crippen LogP contribution in [-0.2, 0) is 6.42 Å². The van der Waals surface area contributed by atoms with Gasteiger partial charge in [0.2, 0.25) is 0 Å². The predicted octanol–water partition coefficient (Wildman–Crippen LogP) is 3.85. The molecule has 7 heteroatoms. The molecule has 0 unspecified atom stereocenters. The van der Waals surface area contributed by atoms with Crippen LogP contribution in [0.2, 0.25) is 0 Å². The van der Waals surface area contributed by atoms with Crippen LogP contribution in [0.4, 0.5) is 17.6 Å². The molecule has 0 saturated carbocycles. The number of nitriles is 1. The summed E-state index contributed by atoms with van der Waals surface area (Å²) in [7, 11) is 0. The Bertz CT molecular complexity index is 692. The van der Waals surface area contributed by atoms with Crippen molar-refractivity contribution in [1.82, 2.24) is 4.98 Å². The number of para-hydroxylation sites is 1. The van der Waals surface area contributed by atoms with Crippen molar-refractivity contribution in [3.05, 3.63) is 47.9 Å². The molecular weight excluding hydrogens is 288 g/mol. The fraction of sp³-hybridized carbons (Fsp3) is 0.143. The summed E-state index contributed by atoms with van der Waals surface area (Å²) in [5, 5.41) is 8.60. The summed E-state index contributed by atoms with van der Waals surface area (Å²) in [6.07, 6.45) is -3.87. The normalized spacial score (nSPS) is 11.0. The second-order valence-electron chi connectivity index (χ2n) is 4.01. The molecule has 0 aliphatic carbocycles. The Hall–Kier alpha value is -2.62. The van der Waals surface area contributed by atoms with Gasteiger partial charge in [0, 0.05) is 17.3 Å². The first-order chi connectivity index (χ1) is 9.92. The Morgan fingerprint density at radius 2 is 1.90 bits per heavy atom. The van der Waals surface area contributed by atoms with Crippen molar-refractivity contribution >= 4 is 0 Å². The summed E-state index contributed by atoms with van der Waals surface area (Å²) in [5.74, 6) is -1.39. The highest BCUT2D eigenvalue weighted by Crippen LogP contribution is 2.34. The van der Waals surface area contributed by atoms with Gasteiger partial charge in [0.1, 0.15) is 11.4 Å². The number of pyridine rings is 1. The lowest BCUT2D eigenvalue weighted by atomic mass is 10.1. The van der Waals surface area contributed by atoms with Crippen LogP contribution in [0.25, 0.3) is 11.3 Å². The van der Waals surface area contributed by atoms with E-state index < -0.39 is 17.9 Å². The standard InChI is InChI=1S/C14H8F4N2O/c15-12-9(5-7-19)6-8-20-13(12)10-3-1-2-4-11(10)21-14(16,17)18/h1-4,6,8H,5H2. The van der Waals surface area contributed by atoms with E-state index >= 15 is 0 Å². The molecule has 0 aliphatic rings. The first-order valence-corrected chi connectivity index (χ1v) is 5.78. The average Bonchev–Trinajstić information content (AvgIpc) is 2.41. The number of hydrogen-bond acceptors (Lipinski definition) is 3. The molecule has 0 spiro atoms. The largest absolute Gasteiger partial charge is 0.573 e. The smallest absolute Gasteiger partial charge is 0.405 e. The lowest BCUT2D eigenvalue weighted by molar-refractivity contribution is -0.274. The van der Waals surface area contributed by atoms with Crippen molar-refractivity contribution in [1.29, 1.82) is 5.26 Å². The van der Waals surface area contributed by atoms with Crippen LogP contribution >= 0.6 is 0 Å². The Kier molecular flexibility index (Phi) is 4.08. The fourth-order valence-electron chi connectivity index (χ4n) is 1.77. The molecule has 108 valence electrons. The summed E-state index contributed by atoms with van der Waals surface area (Å²) >= 11 is 0. The third-order valence-corrected chi connectivity index (χ3v) is 2.61. The first kappa shape index (κ1) is 14.8. The number of nitrogens with zero attached hydrogens (tertiary/aromatic N) is 2. The maximum Gasteiger partial charge on any atom is 0.573 e. The third kappa shape index (κ3) is 3.48. The first-order valence-electron chi connectivity index (χ1n) is 5.78. The van der Waals surface area contributed by atoms with Gasteiger partial charge in [-0.2, -0.15) is 5.26 Å². The molecule has 1 aromatic heterocycles. The molecule has 0 fully saturated rings. The van der Waals surface area contributed by atoms with E-state index in [0.29, 0.717) is 0 Å². The number of rotatable bonds is 3. The van der Waals surface area contributed by atoms with Gasteiger partial charge in [-0.1, -0.05) is 12.1 Å². The molecule has 1 aromatic carbocycles. The Morgan fingerprint density at radius 1 is 1.19 bits per heavy atom. The second kappa shape index (κ2) is 5.79. The number of halogens is 4. The Balaban J connectivity index is 2.53. The van der Waals surface area contributed by atoms with Crippen molar-refractivity contribution in [2.24, 2.45) is 0 Å². The number of aromatic nitrogens is 1. The van der Waals surface area contributed by atoms with Gasteiger partial charge in [0.25, 0.3) is 0 Å². The Labute approximate surface area is 117 Å². The van der Waals surface area contributed by atoms with Crippen molar-refractivity contribution in [2.45, 2.75) is 12.8 Å². The maximum atomic E-state index is 14.2. The molecule has 0 radical (unpaired) electrons. The van der Waals surface area contributed by atoms with Crippen LogP contribution in [0.3, 0.4) is 0 Å². The average molecular weight is 296 g/mol. The van der Waals surface area contributed by atoms with Gasteiger partial charge in [-0.15, -0.1) is 13.2 Å². The van der Waals surface area contributed by atoms with Crippen molar-refractivity contribution in [2.75, 3.05) is 0 Å². The van der Waals surface area contributed by atoms with Gasteiger partial charge in [0.05, 0.1) is 12.5 Å². The van der Waals surface area contributed by atoms with E-state index in [2.05, 4.69) is 9.72 Å². The van der Waals surface area contributed by atoms with E-state index in [1.807, 2.05) is 0 Å². The van der Waals surface area contributed by atoms with E-state index in [9.17, 15) is 17.6 Å². The topological polar surface area (TPSA) is 45.9 Å². The molecule has 0 bridgehead atoms. The summed E-state index contributed by atoms with van der Waals surface area (Å²) in [5.41, 5.74) is -0.362. The van der Waals surface area contributed by atoms with E-state index in [1.165, 1.54) is 30.5 Å². The zero-order chi connectivity index (χ0) is 15.5. The highest BCUT2D eigenvalue weighted by atomic mass is 19.4. The summed E-state index contributed by atoms with van der Waals surface area (Å²) in [6.45, 7) is 0.